The van der Waals surface area contributed by atoms with Crippen LogP contribution in [0.4, 0.5) is 0 Å². The highest BCUT2D eigenvalue weighted by atomic mass is 28.3. The fourth-order valence-electron chi connectivity index (χ4n) is 2.42. The second-order valence-electron chi connectivity index (χ2n) is 6.26. The van der Waals surface area contributed by atoms with E-state index in [9.17, 15) is 4.79 Å². The average Bonchev–Trinajstić information content (AvgIpc) is 2.19. The van der Waals surface area contributed by atoms with Crippen molar-refractivity contribution in [1.82, 2.24) is 0 Å². The third kappa shape index (κ3) is 6.99. The van der Waals surface area contributed by atoms with Crippen molar-refractivity contribution in [3.63, 3.8) is 0 Å². The summed E-state index contributed by atoms with van der Waals surface area (Å²) in [5, 5.41) is 0. The Morgan fingerprint density at radius 2 is 1.82 bits per heavy atom. The van der Waals surface area contributed by atoms with E-state index < -0.39 is 9.04 Å². The fourth-order valence-corrected chi connectivity index (χ4v) is 3.63. The Morgan fingerprint density at radius 3 is 2.18 bits per heavy atom. The van der Waals surface area contributed by atoms with Crippen LogP contribution in [0.3, 0.4) is 0 Å². The molecule has 0 aromatic carbocycles. The Bertz CT molecular complexity index is 209. The second-order valence-corrected chi connectivity index (χ2v) is 8.63. The summed E-state index contributed by atoms with van der Waals surface area (Å²) in [5.41, 5.74) is 0.167. The van der Waals surface area contributed by atoms with Gasteiger partial charge in [-0.2, -0.15) is 0 Å². The van der Waals surface area contributed by atoms with Gasteiger partial charge in [0.1, 0.15) is 6.29 Å². The topological polar surface area (TPSA) is 26.3 Å². The Hall–Kier alpha value is -0.153. The minimum atomic E-state index is -1.03. The van der Waals surface area contributed by atoms with E-state index >= 15 is 0 Å². The van der Waals surface area contributed by atoms with Crippen molar-refractivity contribution in [1.29, 1.82) is 0 Å². The van der Waals surface area contributed by atoms with Crippen LogP contribution in [-0.4, -0.2) is 21.4 Å². The van der Waals surface area contributed by atoms with E-state index in [0.717, 1.165) is 19.1 Å². The van der Waals surface area contributed by atoms with E-state index in [1.165, 1.54) is 6.42 Å². The molecule has 0 spiro atoms. The van der Waals surface area contributed by atoms with Crippen LogP contribution in [0.2, 0.25) is 13.1 Å². The summed E-state index contributed by atoms with van der Waals surface area (Å²) in [6.07, 6.45) is 5.31. The molecule has 0 rings (SSSR count). The van der Waals surface area contributed by atoms with Crippen LogP contribution in [0.1, 0.15) is 53.4 Å². The maximum Gasteiger partial charge on any atom is 0.171 e. The predicted molar refractivity (Wildman–Crippen MR) is 76.9 cm³/mol. The zero-order valence-electron chi connectivity index (χ0n) is 12.5. The van der Waals surface area contributed by atoms with Crippen molar-refractivity contribution in [3.8, 4) is 0 Å². The molecule has 2 atom stereocenters. The SMILES string of the molecule is CCCC(CCC=O)C(O[SiH](C)C)C(C)(C)C. The molecule has 0 saturated carbocycles. The summed E-state index contributed by atoms with van der Waals surface area (Å²) >= 11 is 0. The van der Waals surface area contributed by atoms with Gasteiger partial charge in [-0.3, -0.25) is 0 Å². The van der Waals surface area contributed by atoms with Crippen molar-refractivity contribution in [3.05, 3.63) is 0 Å². The van der Waals surface area contributed by atoms with Crippen molar-refractivity contribution in [2.75, 3.05) is 0 Å². The monoisotopic (exact) mass is 258 g/mol. The lowest BCUT2D eigenvalue weighted by molar-refractivity contribution is -0.108. The molecule has 0 saturated heterocycles. The minimum absolute atomic E-state index is 0.167. The molecule has 2 unspecified atom stereocenters. The summed E-state index contributed by atoms with van der Waals surface area (Å²) in [7, 11) is -1.03. The molecule has 17 heavy (non-hydrogen) atoms. The van der Waals surface area contributed by atoms with Gasteiger partial charge in [0.15, 0.2) is 9.04 Å². The van der Waals surface area contributed by atoms with Crippen LogP contribution in [0.25, 0.3) is 0 Å². The van der Waals surface area contributed by atoms with Crippen LogP contribution in [0.5, 0.6) is 0 Å². The fraction of sp³-hybridized carbons (Fsp3) is 0.929. The van der Waals surface area contributed by atoms with E-state index in [0.29, 0.717) is 18.4 Å². The van der Waals surface area contributed by atoms with E-state index in [1.807, 2.05) is 0 Å². The van der Waals surface area contributed by atoms with Gasteiger partial charge in [0.2, 0.25) is 0 Å². The smallest absolute Gasteiger partial charge is 0.171 e. The molecule has 0 aromatic rings. The first-order valence-corrected chi connectivity index (χ1v) is 9.70. The van der Waals surface area contributed by atoms with Crippen molar-refractivity contribution >= 4 is 15.3 Å². The molecule has 2 nitrogen and oxygen atoms in total. The highest BCUT2D eigenvalue weighted by Gasteiger charge is 2.32. The zero-order chi connectivity index (χ0) is 13.5. The van der Waals surface area contributed by atoms with Gasteiger partial charge in [0, 0.05) is 6.42 Å². The minimum Gasteiger partial charge on any atom is -0.417 e. The Balaban J connectivity index is 4.72. The summed E-state index contributed by atoms with van der Waals surface area (Å²) in [4.78, 5) is 10.6. The van der Waals surface area contributed by atoms with Gasteiger partial charge in [-0.05, 0) is 37.3 Å². The van der Waals surface area contributed by atoms with Crippen LogP contribution in [0, 0.1) is 11.3 Å². The molecule has 0 bridgehead atoms. The first-order valence-electron chi connectivity index (χ1n) is 6.92. The van der Waals surface area contributed by atoms with E-state index in [-0.39, 0.29) is 5.41 Å². The van der Waals surface area contributed by atoms with Crippen LogP contribution in [0.15, 0.2) is 0 Å². The van der Waals surface area contributed by atoms with Gasteiger partial charge < -0.3 is 9.22 Å². The summed E-state index contributed by atoms with van der Waals surface area (Å²) < 4.78 is 6.25. The molecular weight excluding hydrogens is 228 g/mol. The first-order chi connectivity index (χ1) is 7.82. The van der Waals surface area contributed by atoms with Gasteiger partial charge in [0.05, 0.1) is 6.10 Å². The number of aldehydes is 1. The zero-order valence-corrected chi connectivity index (χ0v) is 13.6. The lowest BCUT2D eigenvalue weighted by Crippen LogP contribution is -2.39. The van der Waals surface area contributed by atoms with Crippen molar-refractivity contribution in [2.45, 2.75) is 72.6 Å². The normalized spacial score (nSPS) is 15.9. The average molecular weight is 258 g/mol. The van der Waals surface area contributed by atoms with Gasteiger partial charge in [-0.25, -0.2) is 0 Å². The number of rotatable bonds is 8. The molecule has 3 heteroatoms. The van der Waals surface area contributed by atoms with E-state index in [2.05, 4.69) is 40.8 Å². The van der Waals surface area contributed by atoms with Crippen molar-refractivity contribution < 1.29 is 9.22 Å². The van der Waals surface area contributed by atoms with Crippen LogP contribution in [-0.2, 0) is 9.22 Å². The van der Waals surface area contributed by atoms with Crippen LogP contribution < -0.4 is 0 Å². The molecule has 0 amide bonds. The Labute approximate surface area is 109 Å². The first kappa shape index (κ1) is 16.8. The lowest BCUT2D eigenvalue weighted by atomic mass is 9.78. The van der Waals surface area contributed by atoms with Crippen molar-refractivity contribution in [2.24, 2.45) is 11.3 Å². The van der Waals surface area contributed by atoms with E-state index in [1.54, 1.807) is 0 Å². The third-order valence-corrected chi connectivity index (χ3v) is 3.85. The molecule has 0 aliphatic rings. The molecular formula is C14H30O2Si. The summed E-state index contributed by atoms with van der Waals surface area (Å²) in [6, 6.07) is 0. The van der Waals surface area contributed by atoms with Crippen LogP contribution >= 0.6 is 0 Å². The van der Waals surface area contributed by atoms with Gasteiger partial charge in [0.25, 0.3) is 0 Å². The maximum absolute atomic E-state index is 10.6. The Kier molecular flexibility index (Phi) is 7.97. The number of carbonyl (C=O) groups is 1. The second kappa shape index (κ2) is 8.04. The molecule has 0 N–H and O–H groups in total. The number of hydrogen-bond donors (Lipinski definition) is 0. The summed E-state index contributed by atoms with van der Waals surface area (Å²) in [5.74, 6) is 0.528. The number of hydrogen-bond acceptors (Lipinski definition) is 2. The van der Waals surface area contributed by atoms with Gasteiger partial charge in [-0.1, -0.05) is 34.1 Å². The highest BCUT2D eigenvalue weighted by molar-refractivity contribution is 6.48. The van der Waals surface area contributed by atoms with E-state index in [4.69, 9.17) is 4.43 Å². The molecule has 102 valence electrons. The lowest BCUT2D eigenvalue weighted by Gasteiger charge is -2.38. The molecule has 0 aromatic heterocycles. The van der Waals surface area contributed by atoms with Gasteiger partial charge >= 0.3 is 0 Å². The van der Waals surface area contributed by atoms with Gasteiger partial charge in [-0.15, -0.1) is 0 Å². The summed E-state index contributed by atoms with van der Waals surface area (Å²) in [6.45, 7) is 13.4. The molecule has 0 aliphatic heterocycles. The Morgan fingerprint density at radius 1 is 1.24 bits per heavy atom. The molecule has 0 radical (unpaired) electrons. The third-order valence-electron chi connectivity index (χ3n) is 3.02. The molecule has 0 heterocycles. The molecule has 0 fully saturated rings. The standard InChI is InChI=1S/C14H30O2Si/c1-7-9-12(10-8-11-15)13(14(2,3)4)16-17(5)6/h11-13,17H,7-10H2,1-6H3. The highest BCUT2D eigenvalue weighted by Crippen LogP contribution is 2.33. The predicted octanol–water partition coefficient (Wildman–Crippen LogP) is 3.80. The maximum atomic E-state index is 10.6. The largest absolute Gasteiger partial charge is 0.417 e. The quantitative estimate of drug-likeness (QED) is 0.489. The number of carbonyl (C=O) groups excluding carboxylic acids is 1. The molecule has 0 aliphatic carbocycles.